The van der Waals surface area contributed by atoms with Crippen LogP contribution in [0.25, 0.3) is 0 Å². The van der Waals surface area contributed by atoms with Gasteiger partial charge in [-0.05, 0) is 37.6 Å². The normalized spacial score (nSPS) is 10.9. The molecule has 0 aliphatic heterocycles. The van der Waals surface area contributed by atoms with Gasteiger partial charge in [-0.1, -0.05) is 11.8 Å². The fourth-order valence-electron chi connectivity index (χ4n) is 2.40. The third-order valence-electron chi connectivity index (χ3n) is 3.78. The second-order valence-corrected chi connectivity index (χ2v) is 6.62. The number of aryl methyl sites for hydroxylation is 2. The standard InChI is InChI=1S/C17H15FN4O4S/c1-9-12(15(24)20-16(25)19-9)6-7-14-21-22-17(26-14)27-8-13(23)10-2-4-11(18)5-3-10/h2-5H,6-8H2,1H3,(H2,19,20,24,25). The van der Waals surface area contributed by atoms with Crippen molar-refractivity contribution in [1.29, 1.82) is 0 Å². The van der Waals surface area contributed by atoms with Gasteiger partial charge in [0.25, 0.3) is 10.8 Å². The average Bonchev–Trinajstić information content (AvgIpc) is 3.07. The van der Waals surface area contributed by atoms with Crippen LogP contribution in [0.1, 0.15) is 27.5 Å². The molecule has 1 aromatic carbocycles. The van der Waals surface area contributed by atoms with Crippen molar-refractivity contribution in [3.8, 4) is 0 Å². The highest BCUT2D eigenvalue weighted by atomic mass is 32.2. The average molecular weight is 390 g/mol. The molecule has 0 radical (unpaired) electrons. The first-order valence-electron chi connectivity index (χ1n) is 7.98. The zero-order chi connectivity index (χ0) is 19.4. The van der Waals surface area contributed by atoms with E-state index in [-0.39, 0.29) is 16.8 Å². The maximum atomic E-state index is 12.9. The van der Waals surface area contributed by atoms with Crippen molar-refractivity contribution in [3.05, 3.63) is 73.6 Å². The van der Waals surface area contributed by atoms with Crippen LogP contribution in [0.15, 0.2) is 43.5 Å². The van der Waals surface area contributed by atoms with Crippen LogP contribution in [0.2, 0.25) is 0 Å². The lowest BCUT2D eigenvalue weighted by Gasteiger charge is -2.01. The molecule has 3 rings (SSSR count). The largest absolute Gasteiger partial charge is 0.416 e. The minimum atomic E-state index is -0.552. The number of Topliss-reactive ketones (excluding diaryl/α,β-unsaturated/α-hetero) is 1. The molecule has 0 saturated carbocycles. The number of rotatable bonds is 7. The molecule has 0 atom stereocenters. The third-order valence-corrected chi connectivity index (χ3v) is 4.60. The molecule has 2 heterocycles. The van der Waals surface area contributed by atoms with E-state index in [2.05, 4.69) is 20.2 Å². The highest BCUT2D eigenvalue weighted by molar-refractivity contribution is 7.99. The Labute approximate surface area is 156 Å². The number of halogens is 1. The van der Waals surface area contributed by atoms with Crippen molar-refractivity contribution in [3.63, 3.8) is 0 Å². The first kappa shape index (κ1) is 18.8. The summed E-state index contributed by atoms with van der Waals surface area (Å²) in [5.74, 6) is -0.199. The van der Waals surface area contributed by atoms with Gasteiger partial charge < -0.3 is 9.40 Å². The topological polar surface area (TPSA) is 122 Å². The third kappa shape index (κ3) is 4.79. The molecule has 0 aliphatic carbocycles. The van der Waals surface area contributed by atoms with Gasteiger partial charge in [-0.3, -0.25) is 14.6 Å². The molecule has 0 aliphatic rings. The van der Waals surface area contributed by atoms with Gasteiger partial charge in [-0.25, -0.2) is 9.18 Å². The summed E-state index contributed by atoms with van der Waals surface area (Å²) < 4.78 is 18.3. The molecule has 140 valence electrons. The number of hydrogen-bond acceptors (Lipinski definition) is 7. The summed E-state index contributed by atoms with van der Waals surface area (Å²) >= 11 is 1.08. The Balaban J connectivity index is 1.57. The van der Waals surface area contributed by atoms with E-state index in [1.165, 1.54) is 24.3 Å². The molecule has 0 saturated heterocycles. The van der Waals surface area contributed by atoms with Crippen molar-refractivity contribution in [1.82, 2.24) is 20.2 Å². The van der Waals surface area contributed by atoms with Crippen LogP contribution in [0.4, 0.5) is 4.39 Å². The van der Waals surface area contributed by atoms with Crippen molar-refractivity contribution >= 4 is 17.5 Å². The second kappa shape index (κ2) is 8.12. The van der Waals surface area contributed by atoms with Gasteiger partial charge in [0.05, 0.1) is 5.75 Å². The lowest BCUT2D eigenvalue weighted by Crippen LogP contribution is -2.27. The van der Waals surface area contributed by atoms with Gasteiger partial charge in [-0.15, -0.1) is 10.2 Å². The number of aromatic nitrogens is 4. The number of nitrogens with zero attached hydrogens (tertiary/aromatic N) is 2. The number of hydrogen-bond donors (Lipinski definition) is 2. The van der Waals surface area contributed by atoms with Gasteiger partial charge >= 0.3 is 5.69 Å². The predicted molar refractivity (Wildman–Crippen MR) is 95.6 cm³/mol. The van der Waals surface area contributed by atoms with Crippen molar-refractivity contribution in [2.45, 2.75) is 25.0 Å². The van der Waals surface area contributed by atoms with Gasteiger partial charge in [0.1, 0.15) is 5.82 Å². The Bertz CT molecular complexity index is 1070. The summed E-state index contributed by atoms with van der Waals surface area (Å²) in [5, 5.41) is 7.97. The minimum absolute atomic E-state index is 0.0754. The van der Waals surface area contributed by atoms with Crippen molar-refractivity contribution in [2.24, 2.45) is 0 Å². The van der Waals surface area contributed by atoms with Crippen LogP contribution in [0, 0.1) is 12.7 Å². The lowest BCUT2D eigenvalue weighted by atomic mass is 10.1. The van der Waals surface area contributed by atoms with E-state index in [1.54, 1.807) is 6.92 Å². The van der Waals surface area contributed by atoms with Gasteiger partial charge in [0, 0.05) is 23.2 Å². The number of nitrogens with one attached hydrogen (secondary N) is 2. The van der Waals surface area contributed by atoms with Gasteiger partial charge in [-0.2, -0.15) is 0 Å². The number of aromatic amines is 2. The second-order valence-electron chi connectivity index (χ2n) is 5.69. The van der Waals surface area contributed by atoms with E-state index < -0.39 is 17.1 Å². The smallest absolute Gasteiger partial charge is 0.325 e. The first-order valence-corrected chi connectivity index (χ1v) is 8.97. The quantitative estimate of drug-likeness (QED) is 0.465. The molecule has 8 nitrogen and oxygen atoms in total. The lowest BCUT2D eigenvalue weighted by molar-refractivity contribution is 0.102. The molecule has 2 aromatic heterocycles. The van der Waals surface area contributed by atoms with E-state index in [1.807, 2.05) is 0 Å². The summed E-state index contributed by atoms with van der Waals surface area (Å²) in [6.45, 7) is 1.64. The van der Waals surface area contributed by atoms with E-state index in [9.17, 15) is 18.8 Å². The Morgan fingerprint density at radius 1 is 1.15 bits per heavy atom. The summed E-state index contributed by atoms with van der Waals surface area (Å²) in [4.78, 5) is 39.8. The fourth-order valence-corrected chi connectivity index (χ4v) is 3.08. The maximum Gasteiger partial charge on any atom is 0.325 e. The van der Waals surface area contributed by atoms with Crippen LogP contribution < -0.4 is 11.2 Å². The zero-order valence-corrected chi connectivity index (χ0v) is 15.1. The molecular weight excluding hydrogens is 375 g/mol. The molecule has 0 unspecified atom stereocenters. The predicted octanol–water partition coefficient (Wildman–Crippen LogP) is 1.65. The summed E-state index contributed by atoms with van der Waals surface area (Å²) in [7, 11) is 0. The molecule has 0 bridgehead atoms. The van der Waals surface area contributed by atoms with Crippen LogP contribution in [0.3, 0.4) is 0 Å². The van der Waals surface area contributed by atoms with Crippen LogP contribution in [0.5, 0.6) is 0 Å². The van der Waals surface area contributed by atoms with E-state index in [0.29, 0.717) is 35.6 Å². The number of H-pyrrole nitrogens is 2. The summed E-state index contributed by atoms with van der Waals surface area (Å²) in [6.07, 6.45) is 0.633. The Morgan fingerprint density at radius 3 is 2.59 bits per heavy atom. The fraction of sp³-hybridized carbons (Fsp3) is 0.235. The summed E-state index contributed by atoms with van der Waals surface area (Å²) in [6, 6.07) is 5.29. The SMILES string of the molecule is Cc1[nH]c(=O)[nH]c(=O)c1CCc1nnc(SCC(=O)c2ccc(F)cc2)o1. The van der Waals surface area contributed by atoms with Gasteiger partial charge in [0.2, 0.25) is 5.89 Å². The highest BCUT2D eigenvalue weighted by Crippen LogP contribution is 2.18. The molecule has 3 aromatic rings. The Hall–Kier alpha value is -3.01. The number of thioether (sulfide) groups is 1. The molecule has 10 heteroatoms. The first-order chi connectivity index (χ1) is 12.9. The zero-order valence-electron chi connectivity index (χ0n) is 14.2. The van der Waals surface area contributed by atoms with Crippen LogP contribution in [-0.2, 0) is 12.8 Å². The van der Waals surface area contributed by atoms with Crippen LogP contribution >= 0.6 is 11.8 Å². The molecule has 0 spiro atoms. The summed E-state index contributed by atoms with van der Waals surface area (Å²) in [5.41, 5.74) is 0.325. The number of carbonyl (C=O) groups is 1. The Kier molecular flexibility index (Phi) is 5.65. The van der Waals surface area contributed by atoms with E-state index >= 15 is 0 Å². The van der Waals surface area contributed by atoms with E-state index in [4.69, 9.17) is 4.42 Å². The number of carbonyl (C=O) groups excluding carboxylic acids is 1. The molecule has 0 fully saturated rings. The monoisotopic (exact) mass is 390 g/mol. The molecule has 2 N–H and O–H groups in total. The molecule has 0 amide bonds. The van der Waals surface area contributed by atoms with Crippen LogP contribution in [-0.4, -0.2) is 31.7 Å². The van der Waals surface area contributed by atoms with E-state index in [0.717, 1.165) is 11.8 Å². The Morgan fingerprint density at radius 2 is 1.89 bits per heavy atom. The molecular formula is C17H15FN4O4S. The van der Waals surface area contributed by atoms with Gasteiger partial charge in [0.15, 0.2) is 5.78 Å². The highest BCUT2D eigenvalue weighted by Gasteiger charge is 2.13. The van der Waals surface area contributed by atoms with Crippen molar-refractivity contribution < 1.29 is 13.6 Å². The maximum absolute atomic E-state index is 12.9. The minimum Gasteiger partial charge on any atom is -0.416 e. The number of benzene rings is 1. The number of ketones is 1. The molecule has 27 heavy (non-hydrogen) atoms. The van der Waals surface area contributed by atoms with Crippen molar-refractivity contribution in [2.75, 3.05) is 5.75 Å².